The van der Waals surface area contributed by atoms with Gasteiger partial charge in [0.2, 0.25) is 0 Å². The van der Waals surface area contributed by atoms with Crippen LogP contribution in [0.15, 0.2) is 0 Å². The Morgan fingerprint density at radius 2 is 2.55 bits per heavy atom. The van der Waals surface area contributed by atoms with E-state index in [0.29, 0.717) is 6.04 Å². The van der Waals surface area contributed by atoms with Crippen LogP contribution >= 0.6 is 0 Å². The highest BCUT2D eigenvalue weighted by atomic mass is 16.7. The van der Waals surface area contributed by atoms with Crippen molar-refractivity contribution in [3.8, 4) is 0 Å². The monoisotopic (exact) mass is 155 g/mol. The molecule has 2 heterocycles. The molecule has 2 saturated heterocycles. The average Bonchev–Trinajstić information content (AvgIpc) is 2.46. The number of hydroxylamine groups is 2. The minimum atomic E-state index is -0.523. The Balaban J connectivity index is 2.09. The van der Waals surface area contributed by atoms with E-state index in [1.807, 2.05) is 12.0 Å². The first-order valence-corrected chi connectivity index (χ1v) is 4.16. The molecule has 0 aliphatic carbocycles. The van der Waals surface area contributed by atoms with E-state index in [9.17, 15) is 4.79 Å². The predicted molar refractivity (Wildman–Crippen MR) is 39.9 cm³/mol. The Morgan fingerprint density at radius 1 is 1.73 bits per heavy atom. The Hall–Kier alpha value is -0.410. The molecule has 0 radical (unpaired) electrons. The van der Waals surface area contributed by atoms with Gasteiger partial charge in [0, 0.05) is 19.0 Å². The lowest BCUT2D eigenvalue weighted by Gasteiger charge is -2.17. The molecule has 62 valence electrons. The summed E-state index contributed by atoms with van der Waals surface area (Å²) in [6, 6.07) is 0.505. The summed E-state index contributed by atoms with van der Waals surface area (Å²) in [5.74, 6) is 0. The summed E-state index contributed by atoms with van der Waals surface area (Å²) in [6.07, 6.45) is 4.19. The summed E-state index contributed by atoms with van der Waals surface area (Å²) in [5, 5.41) is 1.97. The maximum Gasteiger partial charge on any atom is 0.153 e. The first kappa shape index (κ1) is 7.25. The third kappa shape index (κ3) is 1.08. The topological polar surface area (TPSA) is 29.5 Å². The van der Waals surface area contributed by atoms with E-state index >= 15 is 0 Å². The molecule has 11 heavy (non-hydrogen) atoms. The first-order chi connectivity index (χ1) is 5.23. The Morgan fingerprint density at radius 3 is 3.18 bits per heavy atom. The Labute approximate surface area is 66.3 Å². The summed E-state index contributed by atoms with van der Waals surface area (Å²) in [5.41, 5.74) is -0.523. The van der Waals surface area contributed by atoms with Crippen molar-refractivity contribution in [2.75, 3.05) is 6.54 Å². The largest absolute Gasteiger partial charge is 0.300 e. The molecule has 2 atom stereocenters. The number of aldehydes is 1. The third-order valence-corrected chi connectivity index (χ3v) is 2.54. The molecule has 2 rings (SSSR count). The molecule has 0 N–H and O–H groups in total. The third-order valence-electron chi connectivity index (χ3n) is 2.54. The van der Waals surface area contributed by atoms with Crippen molar-refractivity contribution in [3.05, 3.63) is 0 Å². The first-order valence-electron chi connectivity index (χ1n) is 4.16. The Bertz CT molecular complexity index is 169. The van der Waals surface area contributed by atoms with Crippen molar-refractivity contribution in [2.24, 2.45) is 0 Å². The van der Waals surface area contributed by atoms with E-state index in [1.165, 1.54) is 12.8 Å². The number of rotatable bonds is 1. The van der Waals surface area contributed by atoms with Crippen LogP contribution in [0.1, 0.15) is 26.2 Å². The molecule has 3 nitrogen and oxygen atoms in total. The molecular weight excluding hydrogens is 142 g/mol. The number of hydrogen-bond acceptors (Lipinski definition) is 3. The molecule has 0 unspecified atom stereocenters. The van der Waals surface area contributed by atoms with Gasteiger partial charge in [-0.1, -0.05) is 0 Å². The maximum atomic E-state index is 10.6. The van der Waals surface area contributed by atoms with Crippen molar-refractivity contribution in [3.63, 3.8) is 0 Å². The second-order valence-electron chi connectivity index (χ2n) is 3.66. The van der Waals surface area contributed by atoms with E-state index in [2.05, 4.69) is 0 Å². The van der Waals surface area contributed by atoms with Gasteiger partial charge in [-0.15, -0.1) is 0 Å². The lowest BCUT2D eigenvalue weighted by molar-refractivity contribution is -0.185. The molecular formula is C8H13NO2. The van der Waals surface area contributed by atoms with Crippen LogP contribution in [0.3, 0.4) is 0 Å². The van der Waals surface area contributed by atoms with Crippen molar-refractivity contribution in [1.82, 2.24) is 5.06 Å². The van der Waals surface area contributed by atoms with Crippen molar-refractivity contribution in [1.29, 1.82) is 0 Å². The number of fused-ring (bicyclic) bond motifs is 1. The quantitative estimate of drug-likeness (QED) is 0.523. The Kier molecular flexibility index (Phi) is 1.51. The smallest absolute Gasteiger partial charge is 0.153 e. The fourth-order valence-corrected chi connectivity index (χ4v) is 1.98. The van der Waals surface area contributed by atoms with Gasteiger partial charge in [-0.25, -0.2) is 0 Å². The minimum Gasteiger partial charge on any atom is -0.300 e. The van der Waals surface area contributed by atoms with E-state index in [-0.39, 0.29) is 0 Å². The molecule has 0 spiro atoms. The van der Waals surface area contributed by atoms with Crippen molar-refractivity contribution >= 4 is 6.29 Å². The molecule has 3 heteroatoms. The predicted octanol–water partition coefficient (Wildman–Crippen LogP) is 0.744. The van der Waals surface area contributed by atoms with Gasteiger partial charge in [0.05, 0.1) is 0 Å². The van der Waals surface area contributed by atoms with Crippen LogP contribution in [0.25, 0.3) is 0 Å². The van der Waals surface area contributed by atoms with Crippen LogP contribution in [0.5, 0.6) is 0 Å². The lowest BCUT2D eigenvalue weighted by Crippen LogP contribution is -2.28. The van der Waals surface area contributed by atoms with Crippen LogP contribution in [0.2, 0.25) is 0 Å². The van der Waals surface area contributed by atoms with Gasteiger partial charge in [-0.2, -0.15) is 5.06 Å². The standard InChI is InChI=1S/C8H13NO2/c1-8(6-10)5-7-3-2-4-9(7)11-8/h6-7H,2-5H2,1H3/t7-,8-/m0/s1. The van der Waals surface area contributed by atoms with Gasteiger partial charge in [0.15, 0.2) is 6.29 Å². The summed E-state index contributed by atoms with van der Waals surface area (Å²) < 4.78 is 0. The molecule has 2 fully saturated rings. The van der Waals surface area contributed by atoms with Crippen LogP contribution in [0.4, 0.5) is 0 Å². The van der Waals surface area contributed by atoms with E-state index in [1.54, 1.807) is 0 Å². The van der Waals surface area contributed by atoms with Crippen molar-refractivity contribution in [2.45, 2.75) is 37.8 Å². The molecule has 0 bridgehead atoms. The zero-order chi connectivity index (χ0) is 7.90. The second kappa shape index (κ2) is 2.29. The second-order valence-corrected chi connectivity index (χ2v) is 3.66. The van der Waals surface area contributed by atoms with Gasteiger partial charge in [0.25, 0.3) is 0 Å². The highest BCUT2D eigenvalue weighted by Gasteiger charge is 2.44. The zero-order valence-corrected chi connectivity index (χ0v) is 6.75. The summed E-state index contributed by atoms with van der Waals surface area (Å²) in [7, 11) is 0. The van der Waals surface area contributed by atoms with E-state index < -0.39 is 5.60 Å². The molecule has 0 aromatic carbocycles. The molecule has 0 aromatic heterocycles. The summed E-state index contributed by atoms with van der Waals surface area (Å²) in [4.78, 5) is 16.1. The molecule has 0 saturated carbocycles. The molecule has 0 aromatic rings. The normalized spacial score (nSPS) is 44.3. The fraction of sp³-hybridized carbons (Fsp3) is 0.875. The number of nitrogens with zero attached hydrogens (tertiary/aromatic N) is 1. The number of carbonyl (C=O) groups excluding carboxylic acids is 1. The van der Waals surface area contributed by atoms with E-state index in [4.69, 9.17) is 4.84 Å². The fourth-order valence-electron chi connectivity index (χ4n) is 1.98. The van der Waals surface area contributed by atoms with Crippen LogP contribution in [0, 0.1) is 0 Å². The molecule has 2 aliphatic heterocycles. The lowest BCUT2D eigenvalue weighted by atomic mass is 9.99. The minimum absolute atomic E-state index is 0.505. The van der Waals surface area contributed by atoms with Crippen LogP contribution < -0.4 is 0 Å². The summed E-state index contributed by atoms with van der Waals surface area (Å²) in [6.45, 7) is 2.85. The van der Waals surface area contributed by atoms with Crippen LogP contribution in [-0.4, -0.2) is 29.5 Å². The van der Waals surface area contributed by atoms with Crippen molar-refractivity contribution < 1.29 is 9.63 Å². The SMILES string of the molecule is C[C@@]1(C=O)C[C@@H]2CCCN2O1. The maximum absolute atomic E-state index is 10.6. The van der Waals surface area contributed by atoms with Crippen LogP contribution in [-0.2, 0) is 9.63 Å². The molecule has 0 amide bonds. The van der Waals surface area contributed by atoms with E-state index in [0.717, 1.165) is 19.3 Å². The highest BCUT2D eigenvalue weighted by Crippen LogP contribution is 2.35. The van der Waals surface area contributed by atoms with Gasteiger partial charge >= 0.3 is 0 Å². The average molecular weight is 155 g/mol. The van der Waals surface area contributed by atoms with Gasteiger partial charge in [-0.3, -0.25) is 4.84 Å². The highest BCUT2D eigenvalue weighted by molar-refractivity contribution is 5.62. The van der Waals surface area contributed by atoms with Gasteiger partial charge in [0.1, 0.15) is 5.60 Å². The zero-order valence-electron chi connectivity index (χ0n) is 6.75. The number of hydrogen-bond donors (Lipinski definition) is 0. The number of carbonyl (C=O) groups is 1. The van der Waals surface area contributed by atoms with Gasteiger partial charge in [-0.05, 0) is 19.8 Å². The van der Waals surface area contributed by atoms with Gasteiger partial charge < -0.3 is 4.79 Å². The molecule has 2 aliphatic rings. The summed E-state index contributed by atoms with van der Waals surface area (Å²) >= 11 is 0.